The first-order chi connectivity index (χ1) is 7.18. The van der Waals surface area contributed by atoms with Gasteiger partial charge in [-0.25, -0.2) is 9.48 Å². The van der Waals surface area contributed by atoms with Gasteiger partial charge >= 0.3 is 5.97 Å². The lowest BCUT2D eigenvalue weighted by molar-refractivity contribution is 0.0696. The van der Waals surface area contributed by atoms with Gasteiger partial charge in [-0.05, 0) is 28.7 Å². The van der Waals surface area contributed by atoms with Gasteiger partial charge in [-0.1, -0.05) is 0 Å². The monoisotopic (exact) mass is 315 g/mol. The summed E-state index contributed by atoms with van der Waals surface area (Å²) in [7, 11) is 0. The molecule has 6 heteroatoms. The lowest BCUT2D eigenvalue weighted by Crippen LogP contribution is -2.06. The van der Waals surface area contributed by atoms with Gasteiger partial charge in [-0.2, -0.15) is 5.10 Å². The molecule has 1 N–H and O–H groups in total. The molecule has 76 valence electrons. The maximum Gasteiger partial charge on any atom is 0.338 e. The molecule has 0 atom stereocenters. The first-order valence-corrected chi connectivity index (χ1v) is 5.14. The molecule has 2 aromatic heterocycles. The smallest absolute Gasteiger partial charge is 0.338 e. The van der Waals surface area contributed by atoms with Crippen LogP contribution < -0.4 is 0 Å². The maximum absolute atomic E-state index is 10.9. The van der Waals surface area contributed by atoms with Crippen molar-refractivity contribution >= 4 is 28.6 Å². The average Bonchev–Trinajstić information content (AvgIpc) is 2.65. The summed E-state index contributed by atoms with van der Waals surface area (Å²) < 4.78 is 2.44. The average molecular weight is 315 g/mol. The number of aromatic nitrogens is 3. The van der Waals surface area contributed by atoms with Gasteiger partial charge in [0.05, 0.1) is 27.2 Å². The summed E-state index contributed by atoms with van der Waals surface area (Å²) in [4.78, 5) is 14.8. The van der Waals surface area contributed by atoms with Gasteiger partial charge in [-0.3, -0.25) is 4.98 Å². The van der Waals surface area contributed by atoms with E-state index >= 15 is 0 Å². The molecule has 0 saturated heterocycles. The Morgan fingerprint density at radius 3 is 2.87 bits per heavy atom. The highest BCUT2D eigenvalue weighted by Gasteiger charge is 2.11. The van der Waals surface area contributed by atoms with E-state index in [1.54, 1.807) is 12.4 Å². The third kappa shape index (κ3) is 1.99. The van der Waals surface area contributed by atoms with Crippen LogP contribution in [0.25, 0.3) is 5.69 Å². The fourth-order valence-electron chi connectivity index (χ4n) is 1.18. The van der Waals surface area contributed by atoms with Gasteiger partial charge in [0.1, 0.15) is 0 Å². The van der Waals surface area contributed by atoms with Crippen LogP contribution in [0.3, 0.4) is 0 Å². The molecule has 2 heterocycles. The second-order valence-corrected chi connectivity index (χ2v) is 4.05. The minimum absolute atomic E-state index is 0.185. The number of aromatic carboxylic acids is 1. The standard InChI is InChI=1S/C9H6IN3O2/c10-6-3-12-13(5-6)8-4-11-2-1-7(8)9(14)15/h1-5H,(H,14,15). The van der Waals surface area contributed by atoms with Crippen LogP contribution in [0.5, 0.6) is 0 Å². The fourth-order valence-corrected chi connectivity index (χ4v) is 1.57. The Labute approximate surface area is 98.9 Å². The third-order valence-corrected chi connectivity index (χ3v) is 2.39. The molecule has 0 spiro atoms. The zero-order valence-corrected chi connectivity index (χ0v) is 9.62. The second kappa shape index (κ2) is 3.97. The highest BCUT2D eigenvalue weighted by Crippen LogP contribution is 2.13. The van der Waals surface area contributed by atoms with Crippen molar-refractivity contribution in [2.24, 2.45) is 0 Å². The molecule has 0 aromatic carbocycles. The molecule has 2 rings (SSSR count). The Balaban J connectivity index is 2.57. The largest absolute Gasteiger partial charge is 0.478 e. The van der Waals surface area contributed by atoms with Gasteiger partial charge < -0.3 is 5.11 Å². The van der Waals surface area contributed by atoms with E-state index in [2.05, 4.69) is 32.7 Å². The van der Waals surface area contributed by atoms with Crippen LogP contribution in [-0.4, -0.2) is 25.8 Å². The lowest BCUT2D eigenvalue weighted by Gasteiger charge is -2.03. The summed E-state index contributed by atoms with van der Waals surface area (Å²) in [6.07, 6.45) is 6.32. The van der Waals surface area contributed by atoms with Crippen molar-refractivity contribution in [3.8, 4) is 5.69 Å². The number of hydrogen-bond acceptors (Lipinski definition) is 3. The normalized spacial score (nSPS) is 10.2. The summed E-state index contributed by atoms with van der Waals surface area (Å²) in [6, 6.07) is 1.45. The molecular formula is C9H6IN3O2. The van der Waals surface area contributed by atoms with Gasteiger partial charge in [0, 0.05) is 12.4 Å². The molecule has 0 aliphatic rings. The van der Waals surface area contributed by atoms with E-state index in [1.165, 1.54) is 23.1 Å². The quantitative estimate of drug-likeness (QED) is 0.854. The number of carboxylic acid groups (broad SMARTS) is 1. The van der Waals surface area contributed by atoms with Crippen LogP contribution in [0, 0.1) is 3.57 Å². The van der Waals surface area contributed by atoms with Crippen molar-refractivity contribution in [2.45, 2.75) is 0 Å². The molecule has 0 radical (unpaired) electrons. The molecule has 0 aliphatic heterocycles. The second-order valence-electron chi connectivity index (χ2n) is 2.80. The minimum atomic E-state index is -0.988. The summed E-state index contributed by atoms with van der Waals surface area (Å²) in [5.41, 5.74) is 0.650. The van der Waals surface area contributed by atoms with Crippen molar-refractivity contribution in [3.63, 3.8) is 0 Å². The van der Waals surface area contributed by atoms with Crippen LogP contribution in [0.4, 0.5) is 0 Å². The number of carbonyl (C=O) groups is 1. The van der Waals surface area contributed by atoms with E-state index in [0.29, 0.717) is 5.69 Å². The number of carboxylic acids is 1. The van der Waals surface area contributed by atoms with Crippen LogP contribution in [0.15, 0.2) is 30.9 Å². The molecular weight excluding hydrogens is 309 g/mol. The van der Waals surface area contributed by atoms with Gasteiger partial charge in [-0.15, -0.1) is 0 Å². The Morgan fingerprint density at radius 2 is 2.27 bits per heavy atom. The third-order valence-electron chi connectivity index (χ3n) is 1.83. The number of halogens is 1. The van der Waals surface area contributed by atoms with Crippen molar-refractivity contribution in [2.75, 3.05) is 0 Å². The SMILES string of the molecule is O=C(O)c1ccncc1-n1cc(I)cn1. The Bertz CT molecular complexity index is 510. The predicted octanol–water partition coefficient (Wildman–Crippen LogP) is 1.57. The minimum Gasteiger partial charge on any atom is -0.478 e. The Morgan fingerprint density at radius 1 is 1.47 bits per heavy atom. The Kier molecular flexibility index (Phi) is 2.67. The van der Waals surface area contributed by atoms with Crippen molar-refractivity contribution < 1.29 is 9.90 Å². The zero-order valence-electron chi connectivity index (χ0n) is 7.46. The van der Waals surface area contributed by atoms with E-state index in [1.807, 2.05) is 0 Å². The lowest BCUT2D eigenvalue weighted by atomic mass is 10.2. The molecule has 5 nitrogen and oxygen atoms in total. The Hall–Kier alpha value is -1.44. The number of pyridine rings is 1. The predicted molar refractivity (Wildman–Crippen MR) is 61.0 cm³/mol. The van der Waals surface area contributed by atoms with Crippen LogP contribution in [0.2, 0.25) is 0 Å². The van der Waals surface area contributed by atoms with Gasteiger partial charge in [0.2, 0.25) is 0 Å². The van der Waals surface area contributed by atoms with E-state index in [0.717, 1.165) is 3.57 Å². The molecule has 2 aromatic rings. The number of rotatable bonds is 2. The molecule has 0 unspecified atom stereocenters. The highest BCUT2D eigenvalue weighted by molar-refractivity contribution is 14.1. The molecule has 0 fully saturated rings. The molecule has 0 bridgehead atoms. The zero-order chi connectivity index (χ0) is 10.8. The van der Waals surface area contributed by atoms with E-state index in [4.69, 9.17) is 5.11 Å². The summed E-state index contributed by atoms with van der Waals surface area (Å²) >= 11 is 2.11. The van der Waals surface area contributed by atoms with Crippen molar-refractivity contribution in [1.29, 1.82) is 0 Å². The van der Waals surface area contributed by atoms with E-state index < -0.39 is 5.97 Å². The van der Waals surface area contributed by atoms with Gasteiger partial charge in [0.15, 0.2) is 0 Å². The first kappa shape index (κ1) is 10.1. The van der Waals surface area contributed by atoms with E-state index in [-0.39, 0.29) is 5.56 Å². The molecule has 0 amide bonds. The molecule has 0 saturated carbocycles. The molecule has 15 heavy (non-hydrogen) atoms. The number of nitrogens with zero attached hydrogens (tertiary/aromatic N) is 3. The van der Waals surface area contributed by atoms with Crippen LogP contribution >= 0.6 is 22.6 Å². The number of hydrogen-bond donors (Lipinski definition) is 1. The van der Waals surface area contributed by atoms with E-state index in [9.17, 15) is 4.79 Å². The fraction of sp³-hybridized carbons (Fsp3) is 0. The summed E-state index contributed by atoms with van der Waals surface area (Å²) in [6.45, 7) is 0. The molecule has 0 aliphatic carbocycles. The topological polar surface area (TPSA) is 68.0 Å². The summed E-state index contributed by atoms with van der Waals surface area (Å²) in [5.74, 6) is -0.988. The highest BCUT2D eigenvalue weighted by atomic mass is 127. The van der Waals surface area contributed by atoms with Crippen molar-refractivity contribution in [3.05, 3.63) is 40.0 Å². The van der Waals surface area contributed by atoms with Crippen molar-refractivity contribution in [1.82, 2.24) is 14.8 Å². The van der Waals surface area contributed by atoms with Crippen LogP contribution in [0.1, 0.15) is 10.4 Å². The van der Waals surface area contributed by atoms with Crippen LogP contribution in [-0.2, 0) is 0 Å². The maximum atomic E-state index is 10.9. The van der Waals surface area contributed by atoms with Gasteiger partial charge in [0.25, 0.3) is 0 Å². The first-order valence-electron chi connectivity index (χ1n) is 4.06. The summed E-state index contributed by atoms with van der Waals surface area (Å²) in [5, 5.41) is 13.0.